The Morgan fingerprint density at radius 3 is 2.59 bits per heavy atom. The molecule has 5 heteroatoms. The monoisotopic (exact) mass is 367 g/mol. The minimum absolute atomic E-state index is 0.01000. The van der Waals surface area contributed by atoms with Crippen molar-refractivity contribution < 1.29 is 19.1 Å². The molecule has 1 atom stereocenters. The van der Waals surface area contributed by atoms with E-state index in [0.29, 0.717) is 6.54 Å². The van der Waals surface area contributed by atoms with Gasteiger partial charge in [-0.05, 0) is 35.1 Å². The van der Waals surface area contributed by atoms with Gasteiger partial charge in [0, 0.05) is 6.54 Å². The molecular weight excluding hydrogens is 342 g/mol. The minimum Gasteiger partial charge on any atom is -0.469 e. The van der Waals surface area contributed by atoms with Gasteiger partial charge in [-0.2, -0.15) is 0 Å². The Kier molecular flexibility index (Phi) is 6.12. The fourth-order valence-electron chi connectivity index (χ4n) is 3.58. The van der Waals surface area contributed by atoms with Crippen molar-refractivity contribution in [3.05, 3.63) is 70.8 Å². The van der Waals surface area contributed by atoms with E-state index in [4.69, 9.17) is 9.47 Å². The molecule has 0 spiro atoms. The maximum absolute atomic E-state index is 12.6. The van der Waals surface area contributed by atoms with Crippen molar-refractivity contribution in [3.8, 4) is 0 Å². The normalized spacial score (nSPS) is 15.8. The van der Waals surface area contributed by atoms with Crippen molar-refractivity contribution in [3.63, 3.8) is 0 Å². The molecule has 142 valence electrons. The Hall–Kier alpha value is -2.82. The van der Waals surface area contributed by atoms with Gasteiger partial charge in [0.05, 0.1) is 19.6 Å². The quantitative estimate of drug-likeness (QED) is 0.748. The van der Waals surface area contributed by atoms with Gasteiger partial charge in [0.25, 0.3) is 0 Å². The van der Waals surface area contributed by atoms with E-state index >= 15 is 0 Å². The zero-order valence-electron chi connectivity index (χ0n) is 15.8. The lowest BCUT2D eigenvalue weighted by Crippen LogP contribution is -2.40. The standard InChI is InChI=1S/C22H25NO4/c1-3-20-19-10-9-17(14-21(24)26-2)13-18(19)11-12-23(20)22(25)27-15-16-7-5-4-6-8-16/h4-10,13,20H,3,11-12,14-15H2,1-2H3. The summed E-state index contributed by atoms with van der Waals surface area (Å²) in [6.07, 6.45) is 1.55. The second kappa shape index (κ2) is 8.71. The molecule has 3 rings (SSSR count). The van der Waals surface area contributed by atoms with E-state index < -0.39 is 0 Å². The van der Waals surface area contributed by atoms with E-state index in [1.54, 1.807) is 0 Å². The van der Waals surface area contributed by atoms with Gasteiger partial charge in [-0.1, -0.05) is 55.5 Å². The van der Waals surface area contributed by atoms with Gasteiger partial charge >= 0.3 is 12.1 Å². The van der Waals surface area contributed by atoms with Gasteiger partial charge < -0.3 is 14.4 Å². The smallest absolute Gasteiger partial charge is 0.410 e. The first-order chi connectivity index (χ1) is 13.1. The van der Waals surface area contributed by atoms with Gasteiger partial charge in [-0.3, -0.25) is 4.79 Å². The van der Waals surface area contributed by atoms with Crippen molar-refractivity contribution in [2.75, 3.05) is 13.7 Å². The molecule has 1 amide bonds. The third kappa shape index (κ3) is 4.48. The fraction of sp³-hybridized carbons (Fsp3) is 0.364. The number of carbonyl (C=O) groups is 2. The highest BCUT2D eigenvalue weighted by Gasteiger charge is 2.30. The van der Waals surface area contributed by atoms with E-state index in [0.717, 1.165) is 29.5 Å². The van der Waals surface area contributed by atoms with Crippen LogP contribution in [0.1, 0.15) is 41.6 Å². The van der Waals surface area contributed by atoms with Crippen LogP contribution < -0.4 is 0 Å². The first-order valence-corrected chi connectivity index (χ1v) is 9.28. The number of hydrogen-bond donors (Lipinski definition) is 0. The molecule has 0 saturated heterocycles. The van der Waals surface area contributed by atoms with Gasteiger partial charge in [0.1, 0.15) is 6.61 Å². The zero-order chi connectivity index (χ0) is 19.2. The predicted molar refractivity (Wildman–Crippen MR) is 102 cm³/mol. The summed E-state index contributed by atoms with van der Waals surface area (Å²) in [6.45, 7) is 2.96. The van der Waals surface area contributed by atoms with Crippen LogP contribution in [0.25, 0.3) is 0 Å². The van der Waals surface area contributed by atoms with Crippen molar-refractivity contribution in [1.29, 1.82) is 0 Å². The third-order valence-electron chi connectivity index (χ3n) is 4.97. The number of carbonyl (C=O) groups excluding carboxylic acids is 2. The maximum Gasteiger partial charge on any atom is 0.410 e. The minimum atomic E-state index is -0.282. The lowest BCUT2D eigenvalue weighted by molar-refractivity contribution is -0.139. The number of amides is 1. The molecule has 1 aliphatic rings. The Labute approximate surface area is 159 Å². The second-order valence-electron chi connectivity index (χ2n) is 6.69. The molecule has 1 unspecified atom stereocenters. The predicted octanol–water partition coefficient (Wildman–Crippen LogP) is 4.05. The topological polar surface area (TPSA) is 55.8 Å². The molecule has 1 heterocycles. The lowest BCUT2D eigenvalue weighted by atomic mass is 9.89. The summed E-state index contributed by atoms with van der Waals surface area (Å²) >= 11 is 0. The van der Waals surface area contributed by atoms with E-state index in [-0.39, 0.29) is 31.1 Å². The van der Waals surface area contributed by atoms with Crippen LogP contribution in [0, 0.1) is 0 Å². The summed E-state index contributed by atoms with van der Waals surface area (Å²) in [4.78, 5) is 26.0. The SMILES string of the molecule is CCC1c2ccc(CC(=O)OC)cc2CCN1C(=O)OCc1ccccc1. The van der Waals surface area contributed by atoms with Crippen LogP contribution in [0.4, 0.5) is 4.79 Å². The Balaban J connectivity index is 1.71. The molecular formula is C22H25NO4. The molecule has 0 fully saturated rings. The second-order valence-corrected chi connectivity index (χ2v) is 6.69. The van der Waals surface area contributed by atoms with Crippen molar-refractivity contribution in [1.82, 2.24) is 4.90 Å². The number of benzene rings is 2. The van der Waals surface area contributed by atoms with E-state index in [2.05, 4.69) is 13.0 Å². The van der Waals surface area contributed by atoms with Crippen LogP contribution >= 0.6 is 0 Å². The number of rotatable bonds is 5. The van der Waals surface area contributed by atoms with Crippen LogP contribution in [0.15, 0.2) is 48.5 Å². The van der Waals surface area contributed by atoms with E-state index in [9.17, 15) is 9.59 Å². The van der Waals surface area contributed by atoms with Crippen LogP contribution in [-0.2, 0) is 33.7 Å². The fourth-order valence-corrected chi connectivity index (χ4v) is 3.58. The lowest BCUT2D eigenvalue weighted by Gasteiger charge is -2.36. The summed E-state index contributed by atoms with van der Waals surface area (Å²) < 4.78 is 10.3. The summed E-state index contributed by atoms with van der Waals surface area (Å²) in [7, 11) is 1.40. The third-order valence-corrected chi connectivity index (χ3v) is 4.97. The molecule has 2 aromatic rings. The summed E-state index contributed by atoms with van der Waals surface area (Å²) in [6, 6.07) is 15.7. The van der Waals surface area contributed by atoms with Crippen LogP contribution in [0.5, 0.6) is 0 Å². The molecule has 0 aliphatic carbocycles. The summed E-state index contributed by atoms with van der Waals surface area (Å²) in [5.74, 6) is -0.246. The molecule has 0 aromatic heterocycles. The first-order valence-electron chi connectivity index (χ1n) is 9.28. The highest BCUT2D eigenvalue weighted by molar-refractivity contribution is 5.73. The number of fused-ring (bicyclic) bond motifs is 1. The van der Waals surface area contributed by atoms with Crippen LogP contribution in [-0.4, -0.2) is 30.6 Å². The van der Waals surface area contributed by atoms with Crippen molar-refractivity contribution in [2.45, 2.75) is 38.8 Å². The number of ether oxygens (including phenoxy) is 2. The number of hydrogen-bond acceptors (Lipinski definition) is 4. The molecule has 1 aliphatic heterocycles. The number of esters is 1. The summed E-state index contributed by atoms with van der Waals surface area (Å²) in [5, 5.41) is 0. The van der Waals surface area contributed by atoms with E-state index in [1.807, 2.05) is 47.4 Å². The average molecular weight is 367 g/mol. The molecule has 0 N–H and O–H groups in total. The largest absolute Gasteiger partial charge is 0.469 e. The highest BCUT2D eigenvalue weighted by Crippen LogP contribution is 2.33. The van der Waals surface area contributed by atoms with Crippen LogP contribution in [0.3, 0.4) is 0 Å². The van der Waals surface area contributed by atoms with Gasteiger partial charge in [0.15, 0.2) is 0 Å². The Bertz CT molecular complexity index is 803. The zero-order valence-corrected chi connectivity index (χ0v) is 15.8. The molecule has 0 radical (unpaired) electrons. The van der Waals surface area contributed by atoms with Crippen molar-refractivity contribution in [2.24, 2.45) is 0 Å². The number of methoxy groups -OCH3 is 1. The van der Waals surface area contributed by atoms with Gasteiger partial charge in [0.2, 0.25) is 0 Å². The van der Waals surface area contributed by atoms with Gasteiger partial charge in [-0.15, -0.1) is 0 Å². The van der Waals surface area contributed by atoms with E-state index in [1.165, 1.54) is 12.7 Å². The maximum atomic E-state index is 12.6. The average Bonchev–Trinajstić information content (AvgIpc) is 2.71. The summed E-state index contributed by atoms with van der Waals surface area (Å²) in [5.41, 5.74) is 4.24. The Morgan fingerprint density at radius 2 is 1.89 bits per heavy atom. The molecule has 0 saturated carbocycles. The molecule has 2 aromatic carbocycles. The molecule has 27 heavy (non-hydrogen) atoms. The van der Waals surface area contributed by atoms with Gasteiger partial charge in [-0.25, -0.2) is 4.79 Å². The molecule has 0 bridgehead atoms. The highest BCUT2D eigenvalue weighted by atomic mass is 16.6. The molecule has 5 nitrogen and oxygen atoms in total. The number of nitrogens with zero attached hydrogens (tertiary/aromatic N) is 1. The Morgan fingerprint density at radius 1 is 1.11 bits per heavy atom. The first kappa shape index (κ1) is 19.0. The van der Waals surface area contributed by atoms with Crippen molar-refractivity contribution >= 4 is 12.1 Å². The van der Waals surface area contributed by atoms with Crippen LogP contribution in [0.2, 0.25) is 0 Å².